The highest BCUT2D eigenvalue weighted by Crippen LogP contribution is 2.32. The fraction of sp³-hybridized carbons (Fsp3) is 0.600. The van der Waals surface area contributed by atoms with Crippen LogP contribution >= 0.6 is 23.7 Å². The molecule has 1 saturated heterocycles. The number of ether oxygens (including phenoxy) is 1. The second-order valence-electron chi connectivity index (χ2n) is 3.78. The number of nitrogens with one attached hydrogen (secondary N) is 1. The summed E-state index contributed by atoms with van der Waals surface area (Å²) in [6.07, 6.45) is 0.840. The van der Waals surface area contributed by atoms with E-state index in [2.05, 4.69) is 5.32 Å². The van der Waals surface area contributed by atoms with Crippen LogP contribution in [0.5, 0.6) is 5.75 Å². The zero-order chi connectivity index (χ0) is 12.3. The number of sulfonamides is 1. The molecule has 1 aliphatic rings. The van der Waals surface area contributed by atoms with Gasteiger partial charge in [-0.3, -0.25) is 0 Å². The van der Waals surface area contributed by atoms with Crippen molar-refractivity contribution in [1.82, 2.24) is 9.62 Å². The zero-order valence-electron chi connectivity index (χ0n) is 10.1. The summed E-state index contributed by atoms with van der Waals surface area (Å²) in [5, 5.41) is 4.93. The summed E-state index contributed by atoms with van der Waals surface area (Å²) < 4.78 is 31.7. The van der Waals surface area contributed by atoms with Crippen LogP contribution in [-0.4, -0.2) is 46.0 Å². The fourth-order valence-corrected chi connectivity index (χ4v) is 4.69. The maximum atomic E-state index is 12.4. The maximum Gasteiger partial charge on any atom is 0.256 e. The molecule has 0 spiro atoms. The second-order valence-corrected chi connectivity index (χ2v) is 6.83. The third kappa shape index (κ3) is 3.16. The molecule has 1 aliphatic heterocycles. The Balaban J connectivity index is 0.00000162. The normalized spacial score (nSPS) is 17.8. The van der Waals surface area contributed by atoms with Gasteiger partial charge in [-0.25, -0.2) is 8.42 Å². The molecule has 0 radical (unpaired) electrons. The van der Waals surface area contributed by atoms with E-state index < -0.39 is 10.0 Å². The zero-order valence-corrected chi connectivity index (χ0v) is 12.5. The third-order valence-corrected chi connectivity index (χ3v) is 6.01. The Bertz CT molecular complexity index is 467. The van der Waals surface area contributed by atoms with Crippen LogP contribution in [0.2, 0.25) is 0 Å². The van der Waals surface area contributed by atoms with Crippen molar-refractivity contribution in [2.75, 3.05) is 33.3 Å². The van der Waals surface area contributed by atoms with Gasteiger partial charge in [0.15, 0.2) is 4.21 Å². The summed E-state index contributed by atoms with van der Waals surface area (Å²) in [6, 6.07) is 1.69. The van der Waals surface area contributed by atoms with E-state index in [0.29, 0.717) is 29.6 Å². The minimum atomic E-state index is -3.40. The molecule has 0 aromatic carbocycles. The van der Waals surface area contributed by atoms with Gasteiger partial charge in [-0.1, -0.05) is 0 Å². The minimum absolute atomic E-state index is 0. The van der Waals surface area contributed by atoms with E-state index in [9.17, 15) is 8.42 Å². The summed E-state index contributed by atoms with van der Waals surface area (Å²) in [5.41, 5.74) is 0. The summed E-state index contributed by atoms with van der Waals surface area (Å²) >= 11 is 1.21. The smallest absolute Gasteiger partial charge is 0.256 e. The molecule has 0 amide bonds. The molecule has 104 valence electrons. The largest absolute Gasteiger partial charge is 0.494 e. The van der Waals surface area contributed by atoms with E-state index in [4.69, 9.17) is 4.74 Å². The van der Waals surface area contributed by atoms with Crippen molar-refractivity contribution < 1.29 is 13.2 Å². The first-order valence-electron chi connectivity index (χ1n) is 5.48. The maximum absolute atomic E-state index is 12.4. The van der Waals surface area contributed by atoms with Crippen LogP contribution in [0.1, 0.15) is 6.42 Å². The molecule has 1 aromatic rings. The van der Waals surface area contributed by atoms with Crippen LogP contribution in [0.25, 0.3) is 0 Å². The molecule has 1 fully saturated rings. The molecule has 0 bridgehead atoms. The van der Waals surface area contributed by atoms with Crippen molar-refractivity contribution in [2.45, 2.75) is 10.6 Å². The molecule has 18 heavy (non-hydrogen) atoms. The Morgan fingerprint density at radius 3 is 2.89 bits per heavy atom. The first-order valence-corrected chi connectivity index (χ1v) is 7.80. The van der Waals surface area contributed by atoms with Crippen LogP contribution < -0.4 is 10.1 Å². The Labute approximate surface area is 118 Å². The Morgan fingerprint density at radius 1 is 1.39 bits per heavy atom. The number of hydrogen-bond acceptors (Lipinski definition) is 5. The number of nitrogens with zero attached hydrogens (tertiary/aromatic N) is 1. The lowest BCUT2D eigenvalue weighted by molar-refractivity contribution is 0.398. The highest BCUT2D eigenvalue weighted by Gasteiger charge is 2.29. The van der Waals surface area contributed by atoms with Gasteiger partial charge in [0, 0.05) is 19.6 Å². The molecule has 0 atom stereocenters. The van der Waals surface area contributed by atoms with Gasteiger partial charge in [-0.15, -0.1) is 23.7 Å². The molecule has 2 heterocycles. The predicted octanol–water partition coefficient (Wildman–Crippen LogP) is 1.16. The lowest BCUT2D eigenvalue weighted by Gasteiger charge is -2.19. The molecule has 1 aromatic heterocycles. The van der Waals surface area contributed by atoms with Crippen LogP contribution in [0.3, 0.4) is 0 Å². The van der Waals surface area contributed by atoms with E-state index in [1.54, 1.807) is 11.4 Å². The van der Waals surface area contributed by atoms with Gasteiger partial charge in [0.25, 0.3) is 10.0 Å². The lowest BCUT2D eigenvalue weighted by Crippen LogP contribution is -2.33. The average molecular weight is 313 g/mol. The van der Waals surface area contributed by atoms with Gasteiger partial charge >= 0.3 is 0 Å². The van der Waals surface area contributed by atoms with Gasteiger partial charge in [0.1, 0.15) is 5.75 Å². The topological polar surface area (TPSA) is 58.6 Å². The van der Waals surface area contributed by atoms with E-state index >= 15 is 0 Å². The van der Waals surface area contributed by atoms with Gasteiger partial charge in [0.2, 0.25) is 0 Å². The van der Waals surface area contributed by atoms with Gasteiger partial charge < -0.3 is 10.1 Å². The van der Waals surface area contributed by atoms with Crippen molar-refractivity contribution in [2.24, 2.45) is 0 Å². The molecular weight excluding hydrogens is 296 g/mol. The predicted molar refractivity (Wildman–Crippen MR) is 74.4 cm³/mol. The number of hydrogen-bond donors (Lipinski definition) is 1. The molecule has 0 saturated carbocycles. The summed E-state index contributed by atoms with van der Waals surface area (Å²) in [5.74, 6) is 0.437. The standard InChI is InChI=1S/C10H16N2O3S2.ClH/c1-15-9-3-8-16-10(9)17(13,14)12-6-2-4-11-5-7-12;/h3,8,11H,2,4-7H2,1H3;1H. The SMILES string of the molecule is COc1ccsc1S(=O)(=O)N1CCCNCC1.Cl. The summed E-state index contributed by atoms with van der Waals surface area (Å²) in [4.78, 5) is 0. The van der Waals surface area contributed by atoms with E-state index in [1.165, 1.54) is 22.8 Å². The molecule has 2 rings (SSSR count). The Hall–Kier alpha value is -0.340. The number of halogens is 1. The van der Waals surface area contributed by atoms with E-state index in [-0.39, 0.29) is 12.4 Å². The van der Waals surface area contributed by atoms with Crippen molar-refractivity contribution in [3.05, 3.63) is 11.4 Å². The Kier molecular flexibility index (Phi) is 5.87. The molecule has 5 nitrogen and oxygen atoms in total. The molecule has 1 N–H and O–H groups in total. The highest BCUT2D eigenvalue weighted by molar-refractivity contribution is 7.91. The lowest BCUT2D eigenvalue weighted by atomic mass is 10.4. The number of thiophene rings is 1. The fourth-order valence-electron chi connectivity index (χ4n) is 1.80. The Morgan fingerprint density at radius 2 is 2.17 bits per heavy atom. The summed E-state index contributed by atoms with van der Waals surface area (Å²) in [6.45, 7) is 2.65. The third-order valence-electron chi connectivity index (χ3n) is 2.69. The molecule has 0 aliphatic carbocycles. The van der Waals surface area contributed by atoms with Crippen molar-refractivity contribution in [3.63, 3.8) is 0 Å². The van der Waals surface area contributed by atoms with E-state index in [0.717, 1.165) is 13.0 Å². The van der Waals surface area contributed by atoms with Gasteiger partial charge in [0.05, 0.1) is 7.11 Å². The van der Waals surface area contributed by atoms with Crippen LogP contribution in [-0.2, 0) is 10.0 Å². The molecule has 8 heteroatoms. The van der Waals surface area contributed by atoms with Crippen molar-refractivity contribution in [3.8, 4) is 5.75 Å². The first kappa shape index (κ1) is 15.7. The first-order chi connectivity index (χ1) is 8.16. The average Bonchev–Trinajstić information content (AvgIpc) is 2.63. The molecule has 0 unspecified atom stereocenters. The number of rotatable bonds is 3. The van der Waals surface area contributed by atoms with Crippen molar-refractivity contribution >= 4 is 33.8 Å². The van der Waals surface area contributed by atoms with Gasteiger partial charge in [-0.05, 0) is 24.4 Å². The van der Waals surface area contributed by atoms with Crippen LogP contribution in [0.15, 0.2) is 15.7 Å². The number of methoxy groups -OCH3 is 1. The summed E-state index contributed by atoms with van der Waals surface area (Å²) in [7, 11) is -1.91. The minimum Gasteiger partial charge on any atom is -0.494 e. The quantitative estimate of drug-likeness (QED) is 0.910. The molecular formula is C10H17ClN2O3S2. The highest BCUT2D eigenvalue weighted by atomic mass is 35.5. The van der Waals surface area contributed by atoms with Crippen LogP contribution in [0, 0.1) is 0 Å². The van der Waals surface area contributed by atoms with Gasteiger partial charge in [-0.2, -0.15) is 4.31 Å². The monoisotopic (exact) mass is 312 g/mol. The second kappa shape index (κ2) is 6.72. The van der Waals surface area contributed by atoms with Crippen LogP contribution in [0.4, 0.5) is 0 Å². The van der Waals surface area contributed by atoms with Crippen molar-refractivity contribution in [1.29, 1.82) is 0 Å². The van der Waals surface area contributed by atoms with E-state index in [1.807, 2.05) is 0 Å².